The molecule has 4 nitrogen and oxygen atoms in total. The van der Waals surface area contributed by atoms with Gasteiger partial charge in [-0.25, -0.2) is 8.42 Å². The van der Waals surface area contributed by atoms with E-state index in [1.54, 1.807) is 25.1 Å². The van der Waals surface area contributed by atoms with Gasteiger partial charge in [-0.2, -0.15) is 0 Å². The van der Waals surface area contributed by atoms with Crippen LogP contribution in [-0.4, -0.2) is 19.1 Å². The van der Waals surface area contributed by atoms with Crippen LogP contribution >= 0.6 is 0 Å². The van der Waals surface area contributed by atoms with Crippen LogP contribution in [0.2, 0.25) is 0 Å². The lowest BCUT2D eigenvalue weighted by Gasteiger charge is -2.42. The van der Waals surface area contributed by atoms with Gasteiger partial charge in [-0.15, -0.1) is 0 Å². The summed E-state index contributed by atoms with van der Waals surface area (Å²) in [5.41, 5.74) is 1.24. The molecule has 0 radical (unpaired) electrons. The van der Waals surface area contributed by atoms with Crippen LogP contribution in [0.5, 0.6) is 0 Å². The number of benzene rings is 1. The molecule has 1 heterocycles. The molecule has 0 bridgehead atoms. The van der Waals surface area contributed by atoms with Gasteiger partial charge < -0.3 is 5.32 Å². The number of rotatable bonds is 0. The van der Waals surface area contributed by atoms with E-state index in [4.69, 9.17) is 0 Å². The number of sulfone groups is 1. The summed E-state index contributed by atoms with van der Waals surface area (Å²) in [6, 6.07) is 5.10. The minimum absolute atomic E-state index is 0.275. The van der Waals surface area contributed by atoms with Crippen LogP contribution in [-0.2, 0) is 14.6 Å². The zero-order valence-electron chi connectivity index (χ0n) is 9.49. The summed E-state index contributed by atoms with van der Waals surface area (Å²) in [5.74, 6) is -0.356. The van der Waals surface area contributed by atoms with Crippen LogP contribution in [0.15, 0.2) is 23.1 Å². The first-order chi connectivity index (χ1) is 7.99. The van der Waals surface area contributed by atoms with E-state index < -0.39 is 14.6 Å². The highest BCUT2D eigenvalue weighted by atomic mass is 32.2. The summed E-state index contributed by atoms with van der Waals surface area (Å²) in [7, 11) is -3.53. The SMILES string of the molecule is Cc1cccc2c1NC(=O)C1(CCC1)S2(=O)=O. The first-order valence-electron chi connectivity index (χ1n) is 5.65. The lowest BCUT2D eigenvalue weighted by molar-refractivity contribution is -0.120. The third-order valence-corrected chi connectivity index (χ3v) is 6.39. The topological polar surface area (TPSA) is 63.2 Å². The normalized spacial score (nSPS) is 23.7. The van der Waals surface area contributed by atoms with Crippen LogP contribution < -0.4 is 5.32 Å². The summed E-state index contributed by atoms with van der Waals surface area (Å²) in [6.45, 7) is 1.80. The van der Waals surface area contributed by atoms with E-state index in [2.05, 4.69) is 5.32 Å². The molecule has 90 valence electrons. The van der Waals surface area contributed by atoms with Crippen molar-refractivity contribution in [1.29, 1.82) is 0 Å². The molecular formula is C12H13NO3S. The van der Waals surface area contributed by atoms with E-state index in [9.17, 15) is 13.2 Å². The van der Waals surface area contributed by atoms with Gasteiger partial charge in [0.25, 0.3) is 0 Å². The predicted octanol–water partition coefficient (Wildman–Crippen LogP) is 1.64. The molecule has 1 aliphatic heterocycles. The second-order valence-electron chi connectivity index (χ2n) is 4.75. The molecule has 3 rings (SSSR count). The second-order valence-corrected chi connectivity index (χ2v) is 6.98. The van der Waals surface area contributed by atoms with Crippen LogP contribution in [0.1, 0.15) is 24.8 Å². The summed E-state index contributed by atoms with van der Waals surface area (Å²) in [5, 5.41) is 2.76. The van der Waals surface area contributed by atoms with E-state index in [1.165, 1.54) is 0 Å². The highest BCUT2D eigenvalue weighted by Gasteiger charge is 2.58. The molecule has 1 aromatic rings. The number of amides is 1. The zero-order chi connectivity index (χ0) is 12.3. The molecular weight excluding hydrogens is 238 g/mol. The average Bonchev–Trinajstić information content (AvgIpc) is 2.17. The predicted molar refractivity (Wildman–Crippen MR) is 63.6 cm³/mol. The molecule has 1 saturated carbocycles. The smallest absolute Gasteiger partial charge is 0.246 e. The Morgan fingerprint density at radius 3 is 2.59 bits per heavy atom. The Hall–Kier alpha value is -1.36. The molecule has 1 spiro atoms. The van der Waals surface area contributed by atoms with Crippen molar-refractivity contribution >= 4 is 21.4 Å². The van der Waals surface area contributed by atoms with Gasteiger partial charge in [0.1, 0.15) is 0 Å². The van der Waals surface area contributed by atoms with Gasteiger partial charge in [0.2, 0.25) is 5.91 Å². The second kappa shape index (κ2) is 3.10. The molecule has 0 saturated heterocycles. The molecule has 1 N–H and O–H groups in total. The quantitative estimate of drug-likeness (QED) is 0.762. The summed E-state index contributed by atoms with van der Waals surface area (Å²) < 4.78 is 23.8. The number of nitrogens with one attached hydrogen (secondary N) is 1. The first-order valence-corrected chi connectivity index (χ1v) is 7.13. The first kappa shape index (κ1) is 10.8. The van der Waals surface area contributed by atoms with Gasteiger partial charge in [0, 0.05) is 0 Å². The third kappa shape index (κ3) is 1.12. The highest BCUT2D eigenvalue weighted by molar-refractivity contribution is 7.94. The average molecular weight is 251 g/mol. The Labute approximate surface area is 99.9 Å². The molecule has 1 amide bonds. The van der Waals surface area contributed by atoms with Crippen molar-refractivity contribution in [2.24, 2.45) is 0 Å². The molecule has 17 heavy (non-hydrogen) atoms. The van der Waals surface area contributed by atoms with Crippen LogP contribution in [0.25, 0.3) is 0 Å². The third-order valence-electron chi connectivity index (χ3n) is 3.85. The number of anilines is 1. The number of hydrogen-bond donors (Lipinski definition) is 1. The fourth-order valence-corrected chi connectivity index (χ4v) is 4.86. The van der Waals surface area contributed by atoms with E-state index >= 15 is 0 Å². The summed E-state index contributed by atoms with van der Waals surface area (Å²) in [4.78, 5) is 12.3. The number of hydrogen-bond acceptors (Lipinski definition) is 3. The Balaban J connectivity index is 2.31. The van der Waals surface area contributed by atoms with E-state index in [1.807, 2.05) is 0 Å². The molecule has 0 unspecified atom stereocenters. The molecule has 2 aliphatic rings. The van der Waals surface area contributed by atoms with Gasteiger partial charge in [-0.05, 0) is 37.8 Å². The molecule has 1 aliphatic carbocycles. The molecule has 1 fully saturated rings. The van der Waals surface area contributed by atoms with Gasteiger partial charge in [0.15, 0.2) is 14.6 Å². The number of aryl methyl sites for hydroxylation is 1. The Morgan fingerprint density at radius 2 is 2.00 bits per heavy atom. The fraction of sp³-hybridized carbons (Fsp3) is 0.417. The zero-order valence-corrected chi connectivity index (χ0v) is 10.3. The number of carbonyl (C=O) groups is 1. The Bertz CT molecular complexity index is 615. The van der Waals surface area contributed by atoms with Crippen molar-refractivity contribution in [2.45, 2.75) is 35.8 Å². The lowest BCUT2D eigenvalue weighted by atomic mass is 9.83. The van der Waals surface area contributed by atoms with Crippen molar-refractivity contribution < 1.29 is 13.2 Å². The monoisotopic (exact) mass is 251 g/mol. The summed E-state index contributed by atoms with van der Waals surface area (Å²) in [6.07, 6.45) is 1.68. The van der Waals surface area contributed by atoms with E-state index in [-0.39, 0.29) is 10.8 Å². The van der Waals surface area contributed by atoms with Crippen LogP contribution in [0.4, 0.5) is 5.69 Å². The van der Waals surface area contributed by atoms with Crippen molar-refractivity contribution in [3.05, 3.63) is 23.8 Å². The van der Waals surface area contributed by atoms with Gasteiger partial charge in [-0.1, -0.05) is 12.1 Å². The Kier molecular flexibility index (Phi) is 1.96. The summed E-state index contributed by atoms with van der Waals surface area (Å²) >= 11 is 0. The maximum atomic E-state index is 12.5. The van der Waals surface area contributed by atoms with E-state index in [0.29, 0.717) is 18.5 Å². The number of para-hydroxylation sites is 1. The van der Waals surface area contributed by atoms with Crippen molar-refractivity contribution in [3.63, 3.8) is 0 Å². The fourth-order valence-electron chi connectivity index (χ4n) is 2.58. The van der Waals surface area contributed by atoms with Gasteiger partial charge >= 0.3 is 0 Å². The van der Waals surface area contributed by atoms with Crippen molar-refractivity contribution in [3.8, 4) is 0 Å². The molecule has 0 atom stereocenters. The minimum Gasteiger partial charge on any atom is -0.323 e. The lowest BCUT2D eigenvalue weighted by Crippen LogP contribution is -2.57. The molecule has 1 aromatic carbocycles. The maximum Gasteiger partial charge on any atom is 0.246 e. The van der Waals surface area contributed by atoms with Crippen molar-refractivity contribution in [2.75, 3.05) is 5.32 Å². The molecule has 5 heteroatoms. The highest BCUT2D eigenvalue weighted by Crippen LogP contribution is 2.48. The number of fused-ring (bicyclic) bond motifs is 1. The maximum absolute atomic E-state index is 12.5. The van der Waals surface area contributed by atoms with Gasteiger partial charge in [-0.3, -0.25) is 4.79 Å². The van der Waals surface area contributed by atoms with Crippen molar-refractivity contribution in [1.82, 2.24) is 0 Å². The molecule has 0 aromatic heterocycles. The van der Waals surface area contributed by atoms with Crippen LogP contribution in [0.3, 0.4) is 0 Å². The van der Waals surface area contributed by atoms with Gasteiger partial charge in [0.05, 0.1) is 10.6 Å². The largest absolute Gasteiger partial charge is 0.323 e. The van der Waals surface area contributed by atoms with E-state index in [0.717, 1.165) is 12.0 Å². The standard InChI is InChI=1S/C12H13NO3S/c1-8-4-2-5-9-10(8)13-11(14)12(6-3-7-12)17(9,15)16/h2,4-5H,3,6-7H2,1H3,(H,13,14). The number of carbonyl (C=O) groups excluding carboxylic acids is 1. The Morgan fingerprint density at radius 1 is 1.29 bits per heavy atom. The van der Waals surface area contributed by atoms with Crippen LogP contribution in [0, 0.1) is 6.92 Å². The minimum atomic E-state index is -3.53.